The highest BCUT2D eigenvalue weighted by Crippen LogP contribution is 2.01. The summed E-state index contributed by atoms with van der Waals surface area (Å²) < 4.78 is 4.34. The van der Waals surface area contributed by atoms with Crippen molar-refractivity contribution in [3.8, 4) is 0 Å². The van der Waals surface area contributed by atoms with Gasteiger partial charge in [0.25, 0.3) is 0 Å². The van der Waals surface area contributed by atoms with E-state index in [1.54, 1.807) is 13.8 Å². The average Bonchev–Trinajstić information content (AvgIpc) is 2.14. The number of rotatable bonds is 4. The highest BCUT2D eigenvalue weighted by Gasteiger charge is 2.24. The van der Waals surface area contributed by atoms with Crippen molar-refractivity contribution < 1.29 is 19.4 Å². The van der Waals surface area contributed by atoms with Crippen LogP contribution in [0.1, 0.15) is 13.8 Å². The van der Waals surface area contributed by atoms with Crippen molar-refractivity contribution in [3.05, 3.63) is 0 Å². The molecule has 0 amide bonds. The van der Waals surface area contributed by atoms with E-state index < -0.39 is 30.6 Å². The van der Waals surface area contributed by atoms with Gasteiger partial charge in [-0.25, -0.2) is 9.59 Å². The van der Waals surface area contributed by atoms with Crippen molar-refractivity contribution in [3.63, 3.8) is 0 Å². The van der Waals surface area contributed by atoms with Crippen LogP contribution in [-0.4, -0.2) is 35.7 Å². The first-order valence-electron chi connectivity index (χ1n) is 4.27. The van der Waals surface area contributed by atoms with Crippen molar-refractivity contribution >= 4 is 11.9 Å². The summed E-state index contributed by atoms with van der Waals surface area (Å²) in [6.07, 6.45) is 0. The molecule has 0 unspecified atom stereocenters. The summed E-state index contributed by atoms with van der Waals surface area (Å²) in [5.41, 5.74) is 10.5. The lowest BCUT2D eigenvalue weighted by molar-refractivity contribution is -0.162. The molecule has 82 valence electrons. The number of hydrogen-bond donors (Lipinski definition) is 3. The second-order valence-electron chi connectivity index (χ2n) is 3.30. The minimum atomic E-state index is -1.20. The minimum absolute atomic E-state index is 0.124. The van der Waals surface area contributed by atoms with Crippen molar-refractivity contribution in [2.45, 2.75) is 25.9 Å². The van der Waals surface area contributed by atoms with Crippen LogP contribution >= 0.6 is 0 Å². The summed E-state index contributed by atoms with van der Waals surface area (Å²) in [4.78, 5) is 22.0. The van der Waals surface area contributed by atoms with Gasteiger partial charge in [-0.05, 0) is 5.92 Å². The predicted molar refractivity (Wildman–Crippen MR) is 49.0 cm³/mol. The zero-order chi connectivity index (χ0) is 11.3. The van der Waals surface area contributed by atoms with E-state index in [1.165, 1.54) is 0 Å². The summed E-state index contributed by atoms with van der Waals surface area (Å²) in [5, 5.41) is 8.50. The third-order valence-electron chi connectivity index (χ3n) is 1.69. The molecule has 0 rings (SSSR count). The van der Waals surface area contributed by atoms with Crippen LogP contribution in [0.15, 0.2) is 0 Å². The molecular weight excluding hydrogens is 188 g/mol. The Hall–Kier alpha value is -0.980. The van der Waals surface area contributed by atoms with E-state index in [1.807, 2.05) is 0 Å². The predicted octanol–water partition coefficient (Wildman–Crippen LogP) is -1.64. The largest absolute Gasteiger partial charge is 0.394 e. The van der Waals surface area contributed by atoms with Crippen molar-refractivity contribution in [1.82, 2.24) is 0 Å². The van der Waals surface area contributed by atoms with Crippen molar-refractivity contribution in [2.75, 3.05) is 6.61 Å². The highest BCUT2D eigenvalue weighted by atomic mass is 16.6. The molecular formula is C8H16N2O4. The zero-order valence-electron chi connectivity index (χ0n) is 8.27. The summed E-state index contributed by atoms with van der Waals surface area (Å²) in [6.45, 7) is 2.88. The molecule has 0 bridgehead atoms. The van der Waals surface area contributed by atoms with Gasteiger partial charge in [-0.2, -0.15) is 0 Å². The Labute approximate surface area is 82.2 Å². The van der Waals surface area contributed by atoms with E-state index in [0.29, 0.717) is 0 Å². The van der Waals surface area contributed by atoms with Gasteiger partial charge in [0.15, 0.2) is 0 Å². The van der Waals surface area contributed by atoms with Gasteiger partial charge in [0, 0.05) is 0 Å². The van der Waals surface area contributed by atoms with E-state index >= 15 is 0 Å². The summed E-state index contributed by atoms with van der Waals surface area (Å²) in [5.74, 6) is -1.91. The van der Waals surface area contributed by atoms with E-state index in [2.05, 4.69) is 4.74 Å². The fourth-order valence-corrected chi connectivity index (χ4v) is 0.590. The maximum Gasteiger partial charge on any atom is 0.332 e. The van der Waals surface area contributed by atoms with Gasteiger partial charge < -0.3 is 21.3 Å². The molecule has 0 spiro atoms. The van der Waals surface area contributed by atoms with Gasteiger partial charge in [-0.3, -0.25) is 0 Å². The lowest BCUT2D eigenvalue weighted by Crippen LogP contribution is -2.43. The number of ether oxygens (including phenoxy) is 1. The Kier molecular flexibility index (Phi) is 5.29. The van der Waals surface area contributed by atoms with Gasteiger partial charge in [0.05, 0.1) is 6.61 Å². The molecule has 5 N–H and O–H groups in total. The first-order chi connectivity index (χ1) is 6.40. The Bertz CT molecular complexity index is 217. The van der Waals surface area contributed by atoms with Crippen LogP contribution in [0.4, 0.5) is 0 Å². The van der Waals surface area contributed by atoms with Crippen LogP contribution in [0.3, 0.4) is 0 Å². The topological polar surface area (TPSA) is 116 Å². The van der Waals surface area contributed by atoms with Gasteiger partial charge in [0.2, 0.25) is 0 Å². The Balaban J connectivity index is 4.13. The summed E-state index contributed by atoms with van der Waals surface area (Å²) >= 11 is 0. The lowest BCUT2D eigenvalue weighted by Gasteiger charge is -2.14. The number of hydrogen-bond acceptors (Lipinski definition) is 6. The summed E-state index contributed by atoms with van der Waals surface area (Å²) in [6, 6.07) is -2.05. The molecule has 0 aromatic carbocycles. The van der Waals surface area contributed by atoms with E-state index in [0.717, 1.165) is 0 Å². The fraction of sp³-hybridized carbons (Fsp3) is 0.750. The van der Waals surface area contributed by atoms with Crippen LogP contribution in [0, 0.1) is 5.92 Å². The van der Waals surface area contributed by atoms with Crippen LogP contribution in [0.25, 0.3) is 0 Å². The van der Waals surface area contributed by atoms with Crippen LogP contribution in [0.2, 0.25) is 0 Å². The SMILES string of the molecule is CC(C)[C@H](N)C(=O)OC(=O)[C@@H](N)CO. The molecule has 14 heavy (non-hydrogen) atoms. The van der Waals surface area contributed by atoms with Crippen LogP contribution in [-0.2, 0) is 14.3 Å². The standard InChI is InChI=1S/C8H16N2O4/c1-4(2)6(10)8(13)14-7(12)5(9)3-11/h4-6,11H,3,9-10H2,1-2H3/t5-,6-/m0/s1. The van der Waals surface area contributed by atoms with Crippen LogP contribution in [0.5, 0.6) is 0 Å². The molecule has 6 heteroatoms. The Morgan fingerprint density at radius 2 is 1.79 bits per heavy atom. The third kappa shape index (κ3) is 3.82. The second kappa shape index (κ2) is 5.69. The molecule has 0 aromatic heterocycles. The molecule has 0 aromatic rings. The highest BCUT2D eigenvalue weighted by molar-refractivity contribution is 5.90. The minimum Gasteiger partial charge on any atom is -0.394 e. The van der Waals surface area contributed by atoms with Gasteiger partial charge in [-0.1, -0.05) is 13.8 Å². The molecule has 0 radical (unpaired) electrons. The smallest absolute Gasteiger partial charge is 0.332 e. The molecule has 6 nitrogen and oxygen atoms in total. The number of esters is 2. The lowest BCUT2D eigenvalue weighted by atomic mass is 10.1. The molecule has 0 aliphatic carbocycles. The number of aliphatic hydroxyl groups excluding tert-OH is 1. The van der Waals surface area contributed by atoms with E-state index in [4.69, 9.17) is 16.6 Å². The number of carbonyl (C=O) groups excluding carboxylic acids is 2. The molecule has 0 saturated heterocycles. The van der Waals surface area contributed by atoms with Gasteiger partial charge >= 0.3 is 11.9 Å². The molecule has 0 fully saturated rings. The molecule has 0 heterocycles. The molecule has 0 saturated carbocycles. The second-order valence-corrected chi connectivity index (χ2v) is 3.30. The van der Waals surface area contributed by atoms with Crippen molar-refractivity contribution in [1.29, 1.82) is 0 Å². The van der Waals surface area contributed by atoms with E-state index in [-0.39, 0.29) is 5.92 Å². The Morgan fingerprint density at radius 3 is 2.14 bits per heavy atom. The quantitative estimate of drug-likeness (QED) is 0.373. The van der Waals surface area contributed by atoms with E-state index in [9.17, 15) is 9.59 Å². The molecule has 0 aliphatic rings. The Morgan fingerprint density at radius 1 is 1.29 bits per heavy atom. The monoisotopic (exact) mass is 204 g/mol. The maximum absolute atomic E-state index is 11.1. The van der Waals surface area contributed by atoms with Crippen LogP contribution < -0.4 is 11.5 Å². The number of nitrogens with two attached hydrogens (primary N) is 2. The summed E-state index contributed by atoms with van der Waals surface area (Å²) in [7, 11) is 0. The number of aliphatic hydroxyl groups is 1. The van der Waals surface area contributed by atoms with Crippen molar-refractivity contribution in [2.24, 2.45) is 17.4 Å². The molecule has 2 atom stereocenters. The fourth-order valence-electron chi connectivity index (χ4n) is 0.590. The number of carbonyl (C=O) groups is 2. The van der Waals surface area contributed by atoms with Gasteiger partial charge in [-0.15, -0.1) is 0 Å². The normalized spacial score (nSPS) is 15.0. The first-order valence-corrected chi connectivity index (χ1v) is 4.27. The third-order valence-corrected chi connectivity index (χ3v) is 1.69. The average molecular weight is 204 g/mol. The first kappa shape index (κ1) is 13.0. The molecule has 0 aliphatic heterocycles. The maximum atomic E-state index is 11.1. The van der Waals surface area contributed by atoms with Gasteiger partial charge in [0.1, 0.15) is 12.1 Å². The zero-order valence-corrected chi connectivity index (χ0v) is 8.27.